The molecular formula is C12H13ClFN. The summed E-state index contributed by atoms with van der Waals surface area (Å²) in [5.74, 6) is -0.224. The van der Waals surface area contributed by atoms with Crippen LogP contribution in [0.3, 0.4) is 0 Å². The van der Waals surface area contributed by atoms with Gasteiger partial charge in [-0.3, -0.25) is 0 Å². The summed E-state index contributed by atoms with van der Waals surface area (Å²) in [6.07, 6.45) is 0. The minimum absolute atomic E-state index is 0.224. The Bertz CT molecular complexity index is 514. The first-order chi connectivity index (χ1) is 7.02. The Morgan fingerprint density at radius 3 is 2.60 bits per heavy atom. The molecule has 0 aliphatic carbocycles. The molecule has 0 fully saturated rings. The molecule has 0 atom stereocenters. The SMILES string of the molecule is Cc1c(Cl)n(C(C)C)c2cc(F)ccc12. The fourth-order valence-electron chi connectivity index (χ4n) is 1.92. The lowest BCUT2D eigenvalue weighted by atomic mass is 10.2. The topological polar surface area (TPSA) is 4.93 Å². The summed E-state index contributed by atoms with van der Waals surface area (Å²) < 4.78 is 15.1. The van der Waals surface area contributed by atoms with Crippen LogP contribution in [0.15, 0.2) is 18.2 Å². The zero-order chi connectivity index (χ0) is 11.2. The monoisotopic (exact) mass is 225 g/mol. The molecule has 0 unspecified atom stereocenters. The van der Waals surface area contributed by atoms with Crippen LogP contribution in [0.2, 0.25) is 5.15 Å². The van der Waals surface area contributed by atoms with Gasteiger partial charge in [-0.15, -0.1) is 0 Å². The van der Waals surface area contributed by atoms with E-state index in [2.05, 4.69) is 0 Å². The Morgan fingerprint density at radius 1 is 1.33 bits per heavy atom. The van der Waals surface area contributed by atoms with Gasteiger partial charge >= 0.3 is 0 Å². The number of nitrogens with zero attached hydrogens (tertiary/aromatic N) is 1. The lowest BCUT2D eigenvalue weighted by Crippen LogP contribution is -2.00. The second kappa shape index (κ2) is 3.53. The molecule has 0 spiro atoms. The number of hydrogen-bond donors (Lipinski definition) is 0. The van der Waals surface area contributed by atoms with E-state index in [0.717, 1.165) is 16.5 Å². The summed E-state index contributed by atoms with van der Waals surface area (Å²) in [6, 6.07) is 5.02. The van der Waals surface area contributed by atoms with Gasteiger partial charge in [0.15, 0.2) is 0 Å². The maximum absolute atomic E-state index is 13.2. The van der Waals surface area contributed by atoms with E-state index in [4.69, 9.17) is 11.6 Å². The fourth-order valence-corrected chi connectivity index (χ4v) is 2.31. The first-order valence-electron chi connectivity index (χ1n) is 4.98. The molecule has 0 bridgehead atoms. The van der Waals surface area contributed by atoms with Crippen molar-refractivity contribution in [2.75, 3.05) is 0 Å². The van der Waals surface area contributed by atoms with Crippen molar-refractivity contribution in [1.82, 2.24) is 4.57 Å². The Labute approximate surface area is 93.5 Å². The van der Waals surface area contributed by atoms with Crippen molar-refractivity contribution < 1.29 is 4.39 Å². The molecular weight excluding hydrogens is 213 g/mol. The van der Waals surface area contributed by atoms with Crippen molar-refractivity contribution in [3.05, 3.63) is 34.7 Å². The molecule has 0 radical (unpaired) electrons. The zero-order valence-electron chi connectivity index (χ0n) is 9.01. The van der Waals surface area contributed by atoms with E-state index in [9.17, 15) is 4.39 Å². The molecule has 2 aromatic rings. The Kier molecular flexibility index (Phi) is 2.47. The van der Waals surface area contributed by atoms with E-state index in [1.165, 1.54) is 12.1 Å². The number of hydrogen-bond acceptors (Lipinski definition) is 0. The normalized spacial score (nSPS) is 11.6. The quantitative estimate of drug-likeness (QED) is 0.681. The number of aromatic nitrogens is 1. The molecule has 0 saturated heterocycles. The number of halogens is 2. The smallest absolute Gasteiger partial charge is 0.125 e. The number of fused-ring (bicyclic) bond motifs is 1. The van der Waals surface area contributed by atoms with Gasteiger partial charge in [-0.1, -0.05) is 11.6 Å². The van der Waals surface area contributed by atoms with Gasteiger partial charge in [0.05, 0.1) is 5.52 Å². The first kappa shape index (κ1) is 10.5. The number of aryl methyl sites for hydroxylation is 1. The second-order valence-corrected chi connectivity index (χ2v) is 4.40. The van der Waals surface area contributed by atoms with E-state index in [1.54, 1.807) is 6.07 Å². The van der Waals surface area contributed by atoms with Crippen LogP contribution in [0.1, 0.15) is 25.5 Å². The lowest BCUT2D eigenvalue weighted by molar-refractivity contribution is 0.611. The molecule has 0 aliphatic heterocycles. The Hall–Kier alpha value is -1.02. The van der Waals surface area contributed by atoms with E-state index in [1.807, 2.05) is 25.3 Å². The summed E-state index contributed by atoms with van der Waals surface area (Å²) in [7, 11) is 0. The molecule has 1 aromatic heterocycles. The van der Waals surface area contributed by atoms with Gasteiger partial charge in [0.25, 0.3) is 0 Å². The molecule has 0 amide bonds. The van der Waals surface area contributed by atoms with E-state index < -0.39 is 0 Å². The van der Waals surface area contributed by atoms with Crippen molar-refractivity contribution in [3.63, 3.8) is 0 Å². The summed E-state index contributed by atoms with van der Waals surface area (Å²) >= 11 is 6.22. The maximum Gasteiger partial charge on any atom is 0.125 e. The summed E-state index contributed by atoms with van der Waals surface area (Å²) in [4.78, 5) is 0. The Morgan fingerprint density at radius 2 is 2.00 bits per heavy atom. The first-order valence-corrected chi connectivity index (χ1v) is 5.35. The minimum atomic E-state index is -0.224. The van der Waals surface area contributed by atoms with E-state index in [-0.39, 0.29) is 11.9 Å². The third kappa shape index (κ3) is 1.53. The third-order valence-electron chi connectivity index (χ3n) is 2.66. The van der Waals surface area contributed by atoms with Crippen LogP contribution in [0, 0.1) is 12.7 Å². The molecule has 1 nitrogen and oxygen atoms in total. The van der Waals surface area contributed by atoms with Crippen LogP contribution in [0.5, 0.6) is 0 Å². The van der Waals surface area contributed by atoms with Crippen molar-refractivity contribution in [1.29, 1.82) is 0 Å². The van der Waals surface area contributed by atoms with Crippen LogP contribution in [-0.4, -0.2) is 4.57 Å². The molecule has 2 rings (SSSR count). The summed E-state index contributed by atoms with van der Waals surface area (Å²) in [6.45, 7) is 6.03. The van der Waals surface area contributed by atoms with Gasteiger partial charge in [0.2, 0.25) is 0 Å². The van der Waals surface area contributed by atoms with Crippen LogP contribution < -0.4 is 0 Å². The highest BCUT2D eigenvalue weighted by Gasteiger charge is 2.14. The van der Waals surface area contributed by atoms with Crippen LogP contribution >= 0.6 is 11.6 Å². The average Bonchev–Trinajstić information content (AvgIpc) is 2.39. The zero-order valence-corrected chi connectivity index (χ0v) is 9.77. The number of benzene rings is 1. The summed E-state index contributed by atoms with van der Waals surface area (Å²) in [5, 5.41) is 1.72. The molecule has 1 heterocycles. The average molecular weight is 226 g/mol. The Balaban J connectivity index is 2.88. The highest BCUT2D eigenvalue weighted by atomic mass is 35.5. The molecule has 15 heavy (non-hydrogen) atoms. The van der Waals surface area contributed by atoms with Gasteiger partial charge in [0.1, 0.15) is 11.0 Å². The van der Waals surface area contributed by atoms with Crippen molar-refractivity contribution in [2.24, 2.45) is 0 Å². The highest BCUT2D eigenvalue weighted by molar-refractivity contribution is 6.32. The van der Waals surface area contributed by atoms with Crippen molar-refractivity contribution in [2.45, 2.75) is 26.8 Å². The van der Waals surface area contributed by atoms with E-state index in [0.29, 0.717) is 5.15 Å². The molecule has 0 aliphatic rings. The van der Waals surface area contributed by atoms with Crippen LogP contribution in [-0.2, 0) is 0 Å². The fraction of sp³-hybridized carbons (Fsp3) is 0.333. The largest absolute Gasteiger partial charge is 0.329 e. The second-order valence-electron chi connectivity index (χ2n) is 4.04. The predicted octanol–water partition coefficient (Wildman–Crippen LogP) is 4.32. The molecule has 80 valence electrons. The van der Waals surface area contributed by atoms with Gasteiger partial charge in [-0.2, -0.15) is 0 Å². The highest BCUT2D eigenvalue weighted by Crippen LogP contribution is 2.32. The number of rotatable bonds is 1. The predicted molar refractivity (Wildman–Crippen MR) is 62.0 cm³/mol. The molecule has 3 heteroatoms. The van der Waals surface area contributed by atoms with Gasteiger partial charge < -0.3 is 4.57 Å². The van der Waals surface area contributed by atoms with Gasteiger partial charge in [-0.05, 0) is 44.5 Å². The molecule has 0 N–H and O–H groups in total. The van der Waals surface area contributed by atoms with Crippen LogP contribution in [0.25, 0.3) is 10.9 Å². The van der Waals surface area contributed by atoms with Gasteiger partial charge in [0, 0.05) is 11.4 Å². The molecule has 1 aromatic carbocycles. The summed E-state index contributed by atoms with van der Waals surface area (Å²) in [5.41, 5.74) is 1.88. The molecule has 0 saturated carbocycles. The third-order valence-corrected chi connectivity index (χ3v) is 3.13. The maximum atomic E-state index is 13.2. The van der Waals surface area contributed by atoms with E-state index >= 15 is 0 Å². The van der Waals surface area contributed by atoms with Gasteiger partial charge in [-0.25, -0.2) is 4.39 Å². The standard InChI is InChI=1S/C12H13ClFN/c1-7(2)15-11-6-9(14)4-5-10(11)8(3)12(15)13/h4-7H,1-3H3. The van der Waals surface area contributed by atoms with Crippen LogP contribution in [0.4, 0.5) is 4.39 Å². The van der Waals surface area contributed by atoms with Crippen molar-refractivity contribution in [3.8, 4) is 0 Å². The minimum Gasteiger partial charge on any atom is -0.329 e. The van der Waals surface area contributed by atoms with Crippen molar-refractivity contribution >= 4 is 22.5 Å². The lowest BCUT2D eigenvalue weighted by Gasteiger charge is -2.10.